The Balaban J connectivity index is 1.23. The molecule has 1 N–H and O–H groups in total. The number of benzene rings is 2. The molecule has 0 saturated carbocycles. The molecule has 0 radical (unpaired) electrons. The zero-order chi connectivity index (χ0) is 26.0. The summed E-state index contributed by atoms with van der Waals surface area (Å²) < 4.78 is 40.9. The molecule has 1 fully saturated rings. The highest BCUT2D eigenvalue weighted by Crippen LogP contribution is 2.30. The van der Waals surface area contributed by atoms with Gasteiger partial charge in [-0.2, -0.15) is 13.2 Å². The van der Waals surface area contributed by atoms with E-state index in [4.69, 9.17) is 0 Å². The number of amides is 1. The number of hydrogen-bond acceptors (Lipinski definition) is 4. The van der Waals surface area contributed by atoms with Crippen LogP contribution < -0.4 is 15.1 Å². The normalized spacial score (nSPS) is 14.3. The molecule has 0 unspecified atom stereocenters. The number of nitrogens with one attached hydrogen (secondary N) is 1. The van der Waals surface area contributed by atoms with Crippen LogP contribution in [0.5, 0.6) is 0 Å². The van der Waals surface area contributed by atoms with Crippen LogP contribution in [0.3, 0.4) is 0 Å². The third-order valence-corrected chi connectivity index (χ3v) is 6.72. The highest BCUT2D eigenvalue weighted by molar-refractivity contribution is 5.94. The molecule has 1 aliphatic rings. The van der Waals surface area contributed by atoms with E-state index >= 15 is 0 Å². The quantitative estimate of drug-likeness (QED) is 0.391. The Hall–Kier alpha value is -4.01. The summed E-state index contributed by atoms with van der Waals surface area (Å²) >= 11 is 0. The number of aromatic nitrogens is 2. The summed E-state index contributed by atoms with van der Waals surface area (Å²) in [5.41, 5.74) is 3.35. The number of fused-ring (bicyclic) bond motifs is 1. The van der Waals surface area contributed by atoms with Crippen molar-refractivity contribution >= 4 is 22.9 Å². The molecule has 2 aromatic heterocycles. The summed E-state index contributed by atoms with van der Waals surface area (Å²) in [6.07, 6.45) is -3.14. The van der Waals surface area contributed by atoms with Crippen molar-refractivity contribution in [2.24, 2.45) is 0 Å². The average Bonchev–Trinajstić information content (AvgIpc) is 3.30. The lowest BCUT2D eigenvalue weighted by Crippen LogP contribution is -2.46. The zero-order valence-electron chi connectivity index (χ0n) is 20.5. The van der Waals surface area contributed by atoms with Crippen LogP contribution >= 0.6 is 0 Å². The van der Waals surface area contributed by atoms with Gasteiger partial charge < -0.3 is 15.1 Å². The minimum absolute atomic E-state index is 0.136. The molecule has 1 amide bonds. The van der Waals surface area contributed by atoms with Gasteiger partial charge in [-0.05, 0) is 48.4 Å². The number of carbonyl (C=O) groups is 1. The summed E-state index contributed by atoms with van der Waals surface area (Å²) in [5, 5.41) is 2.85. The molecule has 9 heteroatoms. The highest BCUT2D eigenvalue weighted by Gasteiger charge is 2.32. The molecule has 192 valence electrons. The average molecular weight is 508 g/mol. The van der Waals surface area contributed by atoms with Crippen molar-refractivity contribution < 1.29 is 18.0 Å². The van der Waals surface area contributed by atoms with E-state index in [1.165, 1.54) is 16.2 Å². The number of anilines is 2. The Morgan fingerprint density at radius 1 is 0.892 bits per heavy atom. The van der Waals surface area contributed by atoms with Crippen LogP contribution in [0.1, 0.15) is 34.2 Å². The van der Waals surface area contributed by atoms with E-state index < -0.39 is 17.6 Å². The molecule has 3 heterocycles. The molecular formula is C28H28F3N5O. The lowest BCUT2D eigenvalue weighted by Gasteiger charge is -2.37. The summed E-state index contributed by atoms with van der Waals surface area (Å²) in [6.45, 7) is 5.80. The van der Waals surface area contributed by atoms with Crippen LogP contribution in [0.2, 0.25) is 0 Å². The lowest BCUT2D eigenvalue weighted by molar-refractivity contribution is -0.137. The third-order valence-electron chi connectivity index (χ3n) is 6.72. The zero-order valence-corrected chi connectivity index (χ0v) is 20.5. The fourth-order valence-electron chi connectivity index (χ4n) is 4.70. The van der Waals surface area contributed by atoms with Crippen LogP contribution in [0.15, 0.2) is 72.9 Å². The predicted molar refractivity (Wildman–Crippen MR) is 138 cm³/mol. The summed E-state index contributed by atoms with van der Waals surface area (Å²) in [4.78, 5) is 22.1. The number of alkyl halides is 3. The van der Waals surface area contributed by atoms with Crippen LogP contribution in [-0.4, -0.2) is 41.5 Å². The Morgan fingerprint density at radius 2 is 1.51 bits per heavy atom. The number of carbonyl (C=O) groups excluding carboxylic acids is 1. The molecule has 0 spiro atoms. The van der Waals surface area contributed by atoms with Crippen LogP contribution in [0.25, 0.3) is 5.65 Å². The smallest absolute Gasteiger partial charge is 0.368 e. The molecule has 6 nitrogen and oxygen atoms in total. The fourth-order valence-corrected chi connectivity index (χ4v) is 4.70. The van der Waals surface area contributed by atoms with Crippen molar-refractivity contribution in [3.63, 3.8) is 0 Å². The van der Waals surface area contributed by atoms with E-state index in [2.05, 4.69) is 44.4 Å². The fraction of sp³-hybridized carbons (Fsp3) is 0.286. The van der Waals surface area contributed by atoms with Gasteiger partial charge in [-0.3, -0.25) is 9.20 Å². The van der Waals surface area contributed by atoms with Gasteiger partial charge >= 0.3 is 6.18 Å². The minimum Gasteiger partial charge on any atom is -0.368 e. The van der Waals surface area contributed by atoms with Crippen molar-refractivity contribution in [1.82, 2.24) is 14.7 Å². The third kappa shape index (κ3) is 5.26. The Morgan fingerprint density at radius 3 is 2.11 bits per heavy atom. The molecule has 0 atom stereocenters. The van der Waals surface area contributed by atoms with E-state index in [0.29, 0.717) is 17.8 Å². The molecule has 0 aliphatic carbocycles. The van der Waals surface area contributed by atoms with Crippen LogP contribution in [-0.2, 0) is 19.1 Å². The predicted octanol–water partition coefficient (Wildman–Crippen LogP) is 5.17. The van der Waals surface area contributed by atoms with Gasteiger partial charge in [0.05, 0.1) is 11.3 Å². The van der Waals surface area contributed by atoms with Gasteiger partial charge in [0.1, 0.15) is 11.3 Å². The van der Waals surface area contributed by atoms with Crippen molar-refractivity contribution in [3.05, 3.63) is 95.4 Å². The molecule has 5 rings (SSSR count). The molecule has 37 heavy (non-hydrogen) atoms. The number of hydrogen-bond donors (Lipinski definition) is 1. The highest BCUT2D eigenvalue weighted by atomic mass is 19.4. The maximum absolute atomic E-state index is 13.2. The van der Waals surface area contributed by atoms with Gasteiger partial charge in [0.2, 0.25) is 0 Å². The largest absolute Gasteiger partial charge is 0.417 e. The minimum atomic E-state index is -4.51. The second-order valence-corrected chi connectivity index (χ2v) is 9.06. The first-order valence-electron chi connectivity index (χ1n) is 12.3. The maximum atomic E-state index is 13.2. The van der Waals surface area contributed by atoms with Crippen molar-refractivity contribution in [2.75, 3.05) is 36.0 Å². The van der Waals surface area contributed by atoms with Crippen molar-refractivity contribution in [2.45, 2.75) is 26.1 Å². The van der Waals surface area contributed by atoms with Crippen LogP contribution in [0, 0.1) is 0 Å². The second kappa shape index (κ2) is 10.2. The van der Waals surface area contributed by atoms with Gasteiger partial charge in [0.25, 0.3) is 5.91 Å². The molecule has 4 aromatic rings. The van der Waals surface area contributed by atoms with Gasteiger partial charge in [0, 0.05) is 50.3 Å². The second-order valence-electron chi connectivity index (χ2n) is 9.06. The Labute approximate surface area is 213 Å². The molecule has 0 bridgehead atoms. The van der Waals surface area contributed by atoms with E-state index in [9.17, 15) is 18.0 Å². The summed E-state index contributed by atoms with van der Waals surface area (Å²) in [6, 6.07) is 20.7. The van der Waals surface area contributed by atoms with Crippen molar-refractivity contribution in [1.29, 1.82) is 0 Å². The van der Waals surface area contributed by atoms with Gasteiger partial charge in [0.15, 0.2) is 0 Å². The molecule has 1 saturated heterocycles. The summed E-state index contributed by atoms with van der Waals surface area (Å²) in [7, 11) is 0. The first kappa shape index (κ1) is 24.7. The van der Waals surface area contributed by atoms with Crippen molar-refractivity contribution in [3.8, 4) is 0 Å². The van der Waals surface area contributed by atoms with Gasteiger partial charge in [-0.15, -0.1) is 0 Å². The number of piperazine rings is 1. The molecule has 2 aromatic carbocycles. The van der Waals surface area contributed by atoms with E-state index in [1.54, 1.807) is 0 Å². The number of aryl methyl sites for hydroxylation is 1. The number of pyridine rings is 1. The number of halogens is 3. The maximum Gasteiger partial charge on any atom is 0.417 e. The number of nitrogens with zero attached hydrogens (tertiary/aromatic N) is 4. The first-order valence-corrected chi connectivity index (χ1v) is 12.3. The standard InChI is InChI=1S/C28H28F3N5O/c1-2-24-26(36-19-21(28(29,30)31)10-13-25(36)33-24)27(37)32-18-20-8-11-23(12-9-20)35-16-14-34(15-17-35)22-6-4-3-5-7-22/h3-13,19H,2,14-18H2,1H3,(H,32,37). The topological polar surface area (TPSA) is 52.9 Å². The molecular weight excluding hydrogens is 479 g/mol. The van der Waals surface area contributed by atoms with Gasteiger partial charge in [-0.1, -0.05) is 37.3 Å². The van der Waals surface area contributed by atoms with E-state index in [-0.39, 0.29) is 12.2 Å². The lowest BCUT2D eigenvalue weighted by atomic mass is 10.1. The van der Waals surface area contributed by atoms with E-state index in [0.717, 1.165) is 49.7 Å². The molecule has 1 aliphatic heterocycles. The Kier molecular flexibility index (Phi) is 6.78. The van der Waals surface area contributed by atoms with E-state index in [1.807, 2.05) is 37.3 Å². The Bertz CT molecular complexity index is 1370. The SMILES string of the molecule is CCc1nc2ccc(C(F)(F)F)cn2c1C(=O)NCc1ccc(N2CCN(c3ccccc3)CC2)cc1. The number of imidazole rings is 1. The number of para-hydroxylation sites is 1. The van der Waals surface area contributed by atoms with Gasteiger partial charge in [-0.25, -0.2) is 4.98 Å². The monoisotopic (exact) mass is 507 g/mol. The number of rotatable bonds is 6. The summed E-state index contributed by atoms with van der Waals surface area (Å²) in [5.74, 6) is -0.454. The van der Waals surface area contributed by atoms with Crippen LogP contribution in [0.4, 0.5) is 24.5 Å². The first-order chi connectivity index (χ1) is 17.8.